The first-order valence-corrected chi connectivity index (χ1v) is 6.39. The van der Waals surface area contributed by atoms with Crippen LogP contribution in [0.1, 0.15) is 36.5 Å². The number of allylic oxidation sites excluding steroid dienone is 1. The van der Waals surface area contributed by atoms with Crippen LogP contribution in [0.25, 0.3) is 0 Å². The van der Waals surface area contributed by atoms with Crippen LogP contribution in [0.4, 0.5) is 5.69 Å². The van der Waals surface area contributed by atoms with Crippen molar-refractivity contribution in [3.8, 4) is 0 Å². The van der Waals surface area contributed by atoms with E-state index in [1.165, 1.54) is 12.1 Å². The van der Waals surface area contributed by atoms with E-state index in [1.807, 2.05) is 6.92 Å². The number of carboxylic acids is 1. The number of carbonyl (C=O) groups excluding carboxylic acids is 2. The van der Waals surface area contributed by atoms with Gasteiger partial charge in [-0.05, 0) is 37.0 Å². The molecule has 0 radical (unpaired) electrons. The number of hydrogen-bond acceptors (Lipinski definition) is 4. The van der Waals surface area contributed by atoms with Crippen molar-refractivity contribution in [2.24, 2.45) is 5.92 Å². The predicted molar refractivity (Wildman–Crippen MR) is 70.5 cm³/mol. The zero-order valence-corrected chi connectivity index (χ0v) is 10.8. The molecule has 1 unspecified atom stereocenters. The minimum absolute atomic E-state index is 0.0993. The molecule has 2 rings (SSSR count). The van der Waals surface area contributed by atoms with Crippen LogP contribution in [0.15, 0.2) is 36.0 Å². The first-order chi connectivity index (χ1) is 9.08. The van der Waals surface area contributed by atoms with E-state index < -0.39 is 5.97 Å². The highest BCUT2D eigenvalue weighted by Gasteiger charge is 2.22. The number of aromatic carboxylic acids is 1. The Morgan fingerprint density at radius 2 is 2.05 bits per heavy atom. The Hall–Kier alpha value is -2.10. The topological polar surface area (TPSA) is 69.2 Å². The Morgan fingerprint density at radius 1 is 1.37 bits per heavy atom. The Labute approximate surface area is 112 Å². The van der Waals surface area contributed by atoms with E-state index in [4.69, 9.17) is 0 Å². The fourth-order valence-electron chi connectivity index (χ4n) is 2.19. The molecule has 19 heavy (non-hydrogen) atoms. The third-order valence-electron chi connectivity index (χ3n) is 3.38. The third-order valence-corrected chi connectivity index (χ3v) is 3.38. The molecular weight excluding hydrogens is 242 g/mol. The monoisotopic (exact) mass is 258 g/mol. The van der Waals surface area contributed by atoms with E-state index in [0.29, 0.717) is 0 Å². The maximum Gasteiger partial charge on any atom is 0.163 e. The average molecular weight is 258 g/mol. The molecule has 0 saturated heterocycles. The minimum atomic E-state index is -1.19. The number of ketones is 1. The zero-order valence-electron chi connectivity index (χ0n) is 10.8. The lowest BCUT2D eigenvalue weighted by molar-refractivity contribution is -0.255. The van der Waals surface area contributed by atoms with Crippen LogP contribution >= 0.6 is 0 Å². The summed E-state index contributed by atoms with van der Waals surface area (Å²) in [6.45, 7) is 1.95. The second-order valence-electron chi connectivity index (χ2n) is 4.84. The molecule has 0 aromatic heterocycles. The van der Waals surface area contributed by atoms with Gasteiger partial charge < -0.3 is 15.2 Å². The van der Waals surface area contributed by atoms with Gasteiger partial charge >= 0.3 is 0 Å². The number of Topliss-reactive ketones (excluding diaryl/α,β-unsaturated/α-hetero) is 1. The van der Waals surface area contributed by atoms with Gasteiger partial charge in [0.2, 0.25) is 0 Å². The first-order valence-electron chi connectivity index (χ1n) is 6.39. The second-order valence-corrected chi connectivity index (χ2v) is 4.84. The lowest BCUT2D eigenvalue weighted by Crippen LogP contribution is -2.22. The molecule has 1 saturated carbocycles. The van der Waals surface area contributed by atoms with Crippen molar-refractivity contribution < 1.29 is 14.7 Å². The molecule has 0 spiro atoms. The van der Waals surface area contributed by atoms with Crippen molar-refractivity contribution in [1.82, 2.24) is 0 Å². The maximum absolute atomic E-state index is 11.9. The molecule has 1 aromatic rings. The summed E-state index contributed by atoms with van der Waals surface area (Å²) in [5, 5.41) is 13.6. The van der Waals surface area contributed by atoms with Crippen molar-refractivity contribution in [1.29, 1.82) is 0 Å². The lowest BCUT2D eigenvalue weighted by atomic mass is 9.86. The Morgan fingerprint density at radius 3 is 2.68 bits per heavy atom. The highest BCUT2D eigenvalue weighted by molar-refractivity contribution is 5.97. The number of rotatable bonds is 3. The Balaban J connectivity index is 2.05. The van der Waals surface area contributed by atoms with Gasteiger partial charge in [0.1, 0.15) is 0 Å². The summed E-state index contributed by atoms with van der Waals surface area (Å²) >= 11 is 0. The number of nitrogens with one attached hydrogen (secondary N) is 1. The molecule has 1 atom stereocenters. The molecule has 1 aliphatic carbocycles. The van der Waals surface area contributed by atoms with Gasteiger partial charge in [-0.15, -0.1) is 0 Å². The molecule has 0 bridgehead atoms. The summed E-state index contributed by atoms with van der Waals surface area (Å²) in [6, 6.07) is 6.25. The van der Waals surface area contributed by atoms with Crippen molar-refractivity contribution in [3.05, 3.63) is 41.6 Å². The van der Waals surface area contributed by atoms with Gasteiger partial charge in [0.25, 0.3) is 0 Å². The third kappa shape index (κ3) is 3.22. The largest absolute Gasteiger partial charge is 0.545 e. The molecule has 1 aromatic carbocycles. The van der Waals surface area contributed by atoms with Gasteiger partial charge in [-0.2, -0.15) is 0 Å². The Bertz CT molecular complexity index is 517. The number of carboxylic acid groups (broad SMARTS) is 1. The van der Waals surface area contributed by atoms with E-state index in [-0.39, 0.29) is 17.3 Å². The normalized spacial score (nSPS) is 21.4. The van der Waals surface area contributed by atoms with Crippen LogP contribution in [-0.2, 0) is 4.79 Å². The van der Waals surface area contributed by atoms with Gasteiger partial charge in [-0.25, -0.2) is 0 Å². The first kappa shape index (κ1) is 13.3. The van der Waals surface area contributed by atoms with E-state index in [2.05, 4.69) is 5.32 Å². The summed E-state index contributed by atoms with van der Waals surface area (Å²) in [5.74, 6) is -0.895. The van der Waals surface area contributed by atoms with Crippen LogP contribution in [0.3, 0.4) is 0 Å². The summed E-state index contributed by atoms with van der Waals surface area (Å²) in [4.78, 5) is 22.5. The molecule has 1 aliphatic rings. The second kappa shape index (κ2) is 5.69. The Kier molecular flexibility index (Phi) is 4.00. The molecule has 0 amide bonds. The van der Waals surface area contributed by atoms with Gasteiger partial charge in [0.15, 0.2) is 5.78 Å². The fraction of sp³-hybridized carbons (Fsp3) is 0.333. The fourth-order valence-corrected chi connectivity index (χ4v) is 2.19. The molecule has 4 nitrogen and oxygen atoms in total. The number of anilines is 1. The van der Waals surface area contributed by atoms with Crippen LogP contribution in [0.2, 0.25) is 0 Å². The van der Waals surface area contributed by atoms with Crippen LogP contribution in [0, 0.1) is 5.92 Å². The smallest absolute Gasteiger partial charge is 0.163 e. The summed E-state index contributed by atoms with van der Waals surface area (Å²) in [6.07, 6.45) is 4.51. The van der Waals surface area contributed by atoms with Crippen molar-refractivity contribution in [2.75, 3.05) is 5.32 Å². The number of hydrogen-bond donors (Lipinski definition) is 1. The minimum Gasteiger partial charge on any atom is -0.545 e. The summed E-state index contributed by atoms with van der Waals surface area (Å²) in [7, 11) is 0. The van der Waals surface area contributed by atoms with E-state index in [1.54, 1.807) is 18.3 Å². The van der Waals surface area contributed by atoms with Crippen molar-refractivity contribution in [3.63, 3.8) is 0 Å². The van der Waals surface area contributed by atoms with Crippen molar-refractivity contribution in [2.45, 2.75) is 26.2 Å². The van der Waals surface area contributed by atoms with Gasteiger partial charge in [-0.1, -0.05) is 19.1 Å². The van der Waals surface area contributed by atoms with E-state index in [9.17, 15) is 14.7 Å². The molecule has 1 fully saturated rings. The molecular formula is C15H16NO3-. The number of benzene rings is 1. The molecule has 1 N–H and O–H groups in total. The lowest BCUT2D eigenvalue weighted by Gasteiger charge is -2.19. The van der Waals surface area contributed by atoms with Gasteiger partial charge in [0.05, 0.1) is 5.97 Å². The molecule has 0 aliphatic heterocycles. The van der Waals surface area contributed by atoms with Crippen LogP contribution in [0.5, 0.6) is 0 Å². The van der Waals surface area contributed by atoms with Crippen LogP contribution < -0.4 is 10.4 Å². The van der Waals surface area contributed by atoms with E-state index >= 15 is 0 Å². The van der Waals surface area contributed by atoms with E-state index in [0.717, 1.165) is 30.5 Å². The zero-order chi connectivity index (χ0) is 13.8. The molecule has 4 heteroatoms. The summed E-state index contributed by atoms with van der Waals surface area (Å²) in [5.41, 5.74) is 1.70. The van der Waals surface area contributed by atoms with Crippen LogP contribution in [-0.4, -0.2) is 11.8 Å². The van der Waals surface area contributed by atoms with Gasteiger partial charge in [-0.3, -0.25) is 4.79 Å². The number of carbonyl (C=O) groups is 2. The standard InChI is InChI=1S/C15H17NO3/c1-10-3-2-4-12(14(10)17)9-16-13-7-5-11(6-8-13)15(18)19/h5-10,16H,2-4H2,1H3,(H,18,19)/p-1. The highest BCUT2D eigenvalue weighted by Crippen LogP contribution is 2.24. The quantitative estimate of drug-likeness (QED) is 0.838. The van der Waals surface area contributed by atoms with Crippen molar-refractivity contribution >= 4 is 17.4 Å². The molecule has 100 valence electrons. The maximum atomic E-state index is 11.9. The predicted octanol–water partition coefficient (Wildman–Crippen LogP) is 1.73. The van der Waals surface area contributed by atoms with Gasteiger partial charge in [0, 0.05) is 23.4 Å². The summed E-state index contributed by atoms with van der Waals surface area (Å²) < 4.78 is 0. The average Bonchev–Trinajstić information content (AvgIpc) is 2.41. The SMILES string of the molecule is CC1CCCC(=CNc2ccc(C(=O)[O-])cc2)C1=O. The highest BCUT2D eigenvalue weighted by atomic mass is 16.4. The molecule has 0 heterocycles.